The van der Waals surface area contributed by atoms with E-state index in [1.807, 2.05) is 33.8 Å². The second-order valence-corrected chi connectivity index (χ2v) is 8.52. The summed E-state index contributed by atoms with van der Waals surface area (Å²) in [7, 11) is 4.93. The summed E-state index contributed by atoms with van der Waals surface area (Å²) < 4.78 is 18.2. The van der Waals surface area contributed by atoms with Crippen molar-refractivity contribution in [1.82, 2.24) is 19.6 Å². The number of benzene rings is 2. The van der Waals surface area contributed by atoms with Gasteiger partial charge in [0.05, 0.1) is 38.8 Å². The van der Waals surface area contributed by atoms with Gasteiger partial charge in [-0.15, -0.1) is 0 Å². The lowest BCUT2D eigenvalue weighted by Crippen LogP contribution is -2.35. The molecule has 0 N–H and O–H groups in total. The molecule has 8 nitrogen and oxygen atoms in total. The first-order valence-electron chi connectivity index (χ1n) is 12.0. The number of carbonyl (C=O) groups excluding carboxylic acids is 1. The first kappa shape index (κ1) is 24.8. The minimum atomic E-state index is -0.0616. The highest BCUT2D eigenvalue weighted by Gasteiger charge is 2.28. The molecule has 1 aromatic heterocycles. The zero-order chi connectivity index (χ0) is 24.8. The summed E-state index contributed by atoms with van der Waals surface area (Å²) in [4.78, 5) is 17.7. The highest BCUT2D eigenvalue weighted by Crippen LogP contribution is 2.30. The van der Waals surface area contributed by atoms with Gasteiger partial charge in [-0.3, -0.25) is 9.69 Å². The Morgan fingerprint density at radius 3 is 2.51 bits per heavy atom. The van der Waals surface area contributed by atoms with Crippen LogP contribution in [-0.2, 0) is 24.2 Å². The molecule has 0 spiro atoms. The molecule has 0 saturated carbocycles. The van der Waals surface area contributed by atoms with Crippen LogP contribution in [0.4, 0.5) is 0 Å². The predicted octanol–water partition coefficient (Wildman–Crippen LogP) is 3.56. The van der Waals surface area contributed by atoms with Crippen molar-refractivity contribution in [2.45, 2.75) is 26.4 Å². The lowest BCUT2D eigenvalue weighted by molar-refractivity contribution is 0.0676. The molecular formula is C27H34N4O4. The van der Waals surface area contributed by atoms with Crippen molar-refractivity contribution in [2.24, 2.45) is 0 Å². The number of methoxy groups -OCH3 is 3. The Morgan fingerprint density at radius 1 is 1.06 bits per heavy atom. The van der Waals surface area contributed by atoms with Gasteiger partial charge in [-0.2, -0.15) is 5.10 Å². The number of rotatable bonds is 10. The topological polar surface area (TPSA) is 69.1 Å². The Bertz CT molecular complexity index is 1140. The molecule has 0 atom stereocenters. The van der Waals surface area contributed by atoms with Gasteiger partial charge < -0.3 is 19.1 Å². The zero-order valence-corrected chi connectivity index (χ0v) is 21.0. The third kappa shape index (κ3) is 5.33. The van der Waals surface area contributed by atoms with Crippen molar-refractivity contribution in [3.05, 3.63) is 71.0 Å². The van der Waals surface area contributed by atoms with Gasteiger partial charge in [0, 0.05) is 44.3 Å². The summed E-state index contributed by atoms with van der Waals surface area (Å²) in [5.74, 6) is 1.43. The van der Waals surface area contributed by atoms with Gasteiger partial charge in [0.1, 0.15) is 17.2 Å². The lowest BCUT2D eigenvalue weighted by atomic mass is 10.0. The number of ether oxygens (including phenoxy) is 3. The largest absolute Gasteiger partial charge is 0.497 e. The molecule has 186 valence electrons. The quantitative estimate of drug-likeness (QED) is 0.444. The van der Waals surface area contributed by atoms with Crippen LogP contribution in [0.5, 0.6) is 11.5 Å². The third-order valence-corrected chi connectivity index (χ3v) is 6.51. The third-order valence-electron chi connectivity index (χ3n) is 6.51. The Balaban J connectivity index is 1.71. The lowest BCUT2D eigenvalue weighted by Gasteiger charge is -2.27. The van der Waals surface area contributed by atoms with E-state index >= 15 is 0 Å². The van der Waals surface area contributed by atoms with E-state index in [-0.39, 0.29) is 5.91 Å². The molecule has 0 unspecified atom stereocenters. The van der Waals surface area contributed by atoms with E-state index in [0.29, 0.717) is 31.0 Å². The standard InChI is InChI=1S/C27H34N4O4/c1-5-29-15-14-24-22(18-29)23(28-31(24)25-8-6-7-9-26(25)35-4)19-30(16-17-33-2)27(32)20-10-12-21(34-3)13-11-20/h6-13H,5,14-19H2,1-4H3. The number of hydrogen-bond donors (Lipinski definition) is 0. The van der Waals surface area contributed by atoms with E-state index in [4.69, 9.17) is 19.3 Å². The molecule has 0 fully saturated rings. The SMILES string of the molecule is CCN1CCc2c(c(CN(CCOC)C(=O)c3ccc(OC)cc3)nn2-c2ccccc2OC)C1. The molecule has 4 rings (SSSR count). The van der Waals surface area contributed by atoms with E-state index < -0.39 is 0 Å². The van der Waals surface area contributed by atoms with Gasteiger partial charge in [-0.25, -0.2) is 4.68 Å². The van der Waals surface area contributed by atoms with Crippen LogP contribution in [0.25, 0.3) is 5.69 Å². The van der Waals surface area contributed by atoms with Crippen LogP contribution in [0.3, 0.4) is 0 Å². The Kier molecular flexibility index (Phi) is 8.05. The van der Waals surface area contributed by atoms with Gasteiger partial charge in [0.2, 0.25) is 0 Å². The fraction of sp³-hybridized carbons (Fsp3) is 0.407. The number of fused-ring (bicyclic) bond motifs is 1. The molecule has 2 heterocycles. The second-order valence-electron chi connectivity index (χ2n) is 8.52. The average Bonchev–Trinajstić information content (AvgIpc) is 3.27. The monoisotopic (exact) mass is 478 g/mol. The molecule has 1 aliphatic heterocycles. The normalized spacial score (nSPS) is 13.4. The maximum absolute atomic E-state index is 13.5. The summed E-state index contributed by atoms with van der Waals surface area (Å²) in [5.41, 5.74) is 4.79. The van der Waals surface area contributed by atoms with Crippen LogP contribution in [0.15, 0.2) is 48.5 Å². The summed E-state index contributed by atoms with van der Waals surface area (Å²) in [6.07, 6.45) is 0.888. The van der Waals surface area contributed by atoms with Crippen molar-refractivity contribution in [3.63, 3.8) is 0 Å². The van der Waals surface area contributed by atoms with E-state index in [1.165, 1.54) is 11.3 Å². The van der Waals surface area contributed by atoms with Crippen molar-refractivity contribution >= 4 is 5.91 Å². The maximum atomic E-state index is 13.5. The Morgan fingerprint density at radius 2 is 1.83 bits per heavy atom. The number of nitrogens with zero attached hydrogens (tertiary/aromatic N) is 4. The molecule has 0 aliphatic carbocycles. The van der Waals surface area contributed by atoms with Crippen molar-refractivity contribution in [3.8, 4) is 17.2 Å². The first-order valence-corrected chi connectivity index (χ1v) is 12.0. The molecule has 3 aromatic rings. The van der Waals surface area contributed by atoms with E-state index in [1.54, 1.807) is 45.6 Å². The fourth-order valence-electron chi connectivity index (χ4n) is 4.49. The molecular weight excluding hydrogens is 444 g/mol. The highest BCUT2D eigenvalue weighted by atomic mass is 16.5. The summed E-state index contributed by atoms with van der Waals surface area (Å²) in [6, 6.07) is 15.1. The number of hydrogen-bond acceptors (Lipinski definition) is 6. The van der Waals surface area contributed by atoms with E-state index in [0.717, 1.165) is 43.2 Å². The molecule has 0 bridgehead atoms. The second kappa shape index (κ2) is 11.4. The van der Waals surface area contributed by atoms with Crippen LogP contribution in [0.1, 0.15) is 34.2 Å². The van der Waals surface area contributed by atoms with Crippen LogP contribution in [0, 0.1) is 0 Å². The average molecular weight is 479 g/mol. The van der Waals surface area contributed by atoms with E-state index in [9.17, 15) is 4.79 Å². The van der Waals surface area contributed by atoms with Crippen LogP contribution < -0.4 is 9.47 Å². The van der Waals surface area contributed by atoms with Gasteiger partial charge in [-0.1, -0.05) is 19.1 Å². The van der Waals surface area contributed by atoms with Gasteiger partial charge in [-0.05, 0) is 42.9 Å². The predicted molar refractivity (Wildman–Crippen MR) is 134 cm³/mol. The van der Waals surface area contributed by atoms with Crippen LogP contribution in [0.2, 0.25) is 0 Å². The molecule has 35 heavy (non-hydrogen) atoms. The molecule has 0 saturated heterocycles. The van der Waals surface area contributed by atoms with Gasteiger partial charge in [0.15, 0.2) is 0 Å². The summed E-state index contributed by atoms with van der Waals surface area (Å²) >= 11 is 0. The number of para-hydroxylation sites is 2. The van der Waals surface area contributed by atoms with Crippen molar-refractivity contribution in [1.29, 1.82) is 0 Å². The molecule has 1 amide bonds. The van der Waals surface area contributed by atoms with Crippen molar-refractivity contribution < 1.29 is 19.0 Å². The minimum absolute atomic E-state index is 0.0616. The first-order chi connectivity index (χ1) is 17.1. The molecule has 8 heteroatoms. The van der Waals surface area contributed by atoms with Gasteiger partial charge >= 0.3 is 0 Å². The van der Waals surface area contributed by atoms with Gasteiger partial charge in [0.25, 0.3) is 5.91 Å². The maximum Gasteiger partial charge on any atom is 0.254 e. The summed E-state index contributed by atoms with van der Waals surface area (Å²) in [5, 5.41) is 5.05. The fourth-order valence-corrected chi connectivity index (χ4v) is 4.49. The number of aromatic nitrogens is 2. The number of likely N-dealkylation sites (N-methyl/N-ethyl adjacent to an activating group) is 1. The highest BCUT2D eigenvalue weighted by molar-refractivity contribution is 5.94. The number of amides is 1. The van der Waals surface area contributed by atoms with Crippen LogP contribution in [-0.4, -0.2) is 73.1 Å². The smallest absolute Gasteiger partial charge is 0.254 e. The molecule has 0 radical (unpaired) electrons. The minimum Gasteiger partial charge on any atom is -0.497 e. The Hall–Kier alpha value is -3.36. The Labute approximate surface area is 207 Å². The zero-order valence-electron chi connectivity index (χ0n) is 21.0. The summed E-state index contributed by atoms with van der Waals surface area (Å²) in [6.45, 7) is 6.24. The van der Waals surface area contributed by atoms with Crippen LogP contribution >= 0.6 is 0 Å². The number of carbonyl (C=O) groups is 1. The molecule has 1 aliphatic rings. The molecule has 2 aromatic carbocycles. The van der Waals surface area contributed by atoms with Crippen molar-refractivity contribution in [2.75, 3.05) is 47.6 Å². The van der Waals surface area contributed by atoms with E-state index in [2.05, 4.69) is 11.8 Å².